The third-order valence-electron chi connectivity index (χ3n) is 6.89. The van der Waals surface area contributed by atoms with Crippen LogP contribution in [0.5, 0.6) is 0 Å². The summed E-state index contributed by atoms with van der Waals surface area (Å²) in [5.41, 5.74) is 0.514. The lowest BCUT2D eigenvalue weighted by molar-refractivity contribution is -0.158. The van der Waals surface area contributed by atoms with Gasteiger partial charge in [0.15, 0.2) is 0 Å². The average Bonchev–Trinajstić information content (AvgIpc) is 3.10. The van der Waals surface area contributed by atoms with Crippen molar-refractivity contribution in [2.45, 2.75) is 29.5 Å². The number of rotatable bonds is 4. The van der Waals surface area contributed by atoms with Crippen molar-refractivity contribution in [3.63, 3.8) is 0 Å². The second-order valence-corrected chi connectivity index (χ2v) is 8.43. The molecule has 2 N–H and O–H groups in total. The summed E-state index contributed by atoms with van der Waals surface area (Å²) in [5.74, 6) is -0.543. The highest BCUT2D eigenvalue weighted by Gasteiger charge is 2.66. The third-order valence-corrected chi connectivity index (χ3v) is 6.89. The predicted octanol–water partition coefficient (Wildman–Crippen LogP) is 5.73. The number of aliphatic hydroxyl groups is 2. The molecule has 1 aliphatic rings. The maximum absolute atomic E-state index is 12.6. The van der Waals surface area contributed by atoms with Crippen LogP contribution in [0, 0.1) is 0 Å². The van der Waals surface area contributed by atoms with Gasteiger partial charge in [-0.1, -0.05) is 121 Å². The van der Waals surface area contributed by atoms with Crippen molar-refractivity contribution in [3.8, 4) is 0 Å². The molecule has 0 aliphatic heterocycles. The Bertz CT molecular complexity index is 1040. The molecule has 0 heterocycles. The Morgan fingerprint density at radius 2 is 0.742 bits per heavy atom. The molecule has 2 nitrogen and oxygen atoms in total. The summed E-state index contributed by atoms with van der Waals surface area (Å²) >= 11 is 0. The second kappa shape index (κ2) is 7.81. The molecule has 1 aliphatic carbocycles. The van der Waals surface area contributed by atoms with Gasteiger partial charge >= 0.3 is 0 Å². The average molecular weight is 407 g/mol. The smallest absolute Gasteiger partial charge is 0.130 e. The van der Waals surface area contributed by atoms with Crippen LogP contribution in [0.3, 0.4) is 0 Å². The zero-order valence-corrected chi connectivity index (χ0v) is 17.3. The minimum absolute atomic E-state index is 0.272. The van der Waals surface area contributed by atoms with Gasteiger partial charge in [-0.3, -0.25) is 0 Å². The van der Waals surface area contributed by atoms with E-state index >= 15 is 0 Å². The first kappa shape index (κ1) is 19.7. The van der Waals surface area contributed by atoms with Gasteiger partial charge in [0.25, 0.3) is 0 Å². The third kappa shape index (κ3) is 3.03. The molecule has 0 saturated heterocycles. The fourth-order valence-corrected chi connectivity index (χ4v) is 5.46. The molecule has 4 atom stereocenters. The molecule has 4 aromatic rings. The number of benzene rings is 4. The van der Waals surface area contributed by atoms with Crippen molar-refractivity contribution < 1.29 is 10.2 Å². The van der Waals surface area contributed by atoms with Crippen molar-refractivity contribution in [2.75, 3.05) is 0 Å². The first-order chi connectivity index (χ1) is 15.2. The van der Waals surface area contributed by atoms with Gasteiger partial charge in [-0.15, -0.1) is 0 Å². The van der Waals surface area contributed by atoms with E-state index in [1.165, 1.54) is 0 Å². The number of hydrogen-bond acceptors (Lipinski definition) is 2. The standard InChI is InChI=1S/C29H26O2/c30-28(24-17-9-3-10-18-24)26(22-13-5-1-6-14-22)21-27(23-15-7-2-8-16-23)29(28,31)25-19-11-4-12-20-25/h1-20,26-27,30-31H,21H2/t26-,27+,28+,29-. The molecule has 0 unspecified atom stereocenters. The van der Waals surface area contributed by atoms with Crippen LogP contribution in [-0.4, -0.2) is 10.2 Å². The SMILES string of the molecule is O[C@]1(c2ccccc2)[C@H](c2ccccc2)C[C@H](c2ccccc2)[C@@]1(O)c1ccccc1. The summed E-state index contributed by atoms with van der Waals surface area (Å²) in [7, 11) is 0. The van der Waals surface area contributed by atoms with Crippen LogP contribution >= 0.6 is 0 Å². The first-order valence-corrected chi connectivity index (χ1v) is 10.8. The molecule has 0 bridgehead atoms. The highest BCUT2D eigenvalue weighted by atomic mass is 16.4. The Hall–Kier alpha value is -3.20. The van der Waals surface area contributed by atoms with Crippen molar-refractivity contribution in [1.29, 1.82) is 0 Å². The van der Waals surface area contributed by atoms with Crippen molar-refractivity contribution >= 4 is 0 Å². The summed E-state index contributed by atoms with van der Waals surface area (Å²) in [6, 6.07) is 39.5. The molecule has 154 valence electrons. The summed E-state index contributed by atoms with van der Waals surface area (Å²) in [6.07, 6.45) is 0.630. The molecule has 2 heteroatoms. The van der Waals surface area contributed by atoms with Crippen LogP contribution in [0.25, 0.3) is 0 Å². The maximum atomic E-state index is 12.6. The van der Waals surface area contributed by atoms with E-state index in [4.69, 9.17) is 0 Å². The topological polar surface area (TPSA) is 40.5 Å². The molecule has 0 amide bonds. The van der Waals surface area contributed by atoms with Crippen LogP contribution in [0.2, 0.25) is 0 Å². The zero-order chi connectivity index (χ0) is 21.3. The Kier molecular flexibility index (Phi) is 4.97. The normalized spacial score (nSPS) is 27.8. The van der Waals surface area contributed by atoms with E-state index in [0.29, 0.717) is 6.42 Å². The summed E-state index contributed by atoms with van der Waals surface area (Å²) in [5, 5.41) is 25.3. The Labute approximate surface area is 183 Å². The molecule has 5 rings (SSSR count). The van der Waals surface area contributed by atoms with E-state index in [1.807, 2.05) is 97.1 Å². The van der Waals surface area contributed by atoms with Gasteiger partial charge in [-0.05, 0) is 28.7 Å². The van der Waals surface area contributed by atoms with E-state index < -0.39 is 11.2 Å². The Morgan fingerprint density at radius 1 is 0.452 bits per heavy atom. The predicted molar refractivity (Wildman–Crippen MR) is 124 cm³/mol. The van der Waals surface area contributed by atoms with E-state index in [9.17, 15) is 10.2 Å². The molecule has 1 fully saturated rings. The molecule has 0 aromatic heterocycles. The minimum atomic E-state index is -1.50. The van der Waals surface area contributed by atoms with Gasteiger partial charge in [0.2, 0.25) is 0 Å². The van der Waals surface area contributed by atoms with Crippen molar-refractivity contribution in [2.24, 2.45) is 0 Å². The van der Waals surface area contributed by atoms with Crippen molar-refractivity contribution in [3.05, 3.63) is 144 Å². The number of hydrogen-bond donors (Lipinski definition) is 2. The van der Waals surface area contributed by atoms with Gasteiger partial charge in [-0.2, -0.15) is 0 Å². The Balaban J connectivity index is 1.81. The molecule has 0 spiro atoms. The fraction of sp³-hybridized carbons (Fsp3) is 0.172. The first-order valence-electron chi connectivity index (χ1n) is 10.8. The summed E-state index contributed by atoms with van der Waals surface area (Å²) in [4.78, 5) is 0. The molecular weight excluding hydrogens is 380 g/mol. The lowest BCUT2D eigenvalue weighted by Crippen LogP contribution is -2.50. The largest absolute Gasteiger partial charge is 0.381 e. The van der Waals surface area contributed by atoms with Gasteiger partial charge < -0.3 is 10.2 Å². The minimum Gasteiger partial charge on any atom is -0.381 e. The van der Waals surface area contributed by atoms with Crippen molar-refractivity contribution in [1.82, 2.24) is 0 Å². The molecule has 31 heavy (non-hydrogen) atoms. The van der Waals surface area contributed by atoms with Gasteiger partial charge in [0, 0.05) is 11.8 Å². The Morgan fingerprint density at radius 3 is 1.06 bits per heavy atom. The van der Waals surface area contributed by atoms with E-state index in [2.05, 4.69) is 24.3 Å². The molecule has 4 aromatic carbocycles. The van der Waals surface area contributed by atoms with Gasteiger partial charge in [-0.25, -0.2) is 0 Å². The van der Waals surface area contributed by atoms with Crippen LogP contribution in [0.1, 0.15) is 40.5 Å². The summed E-state index contributed by atoms with van der Waals surface area (Å²) in [6.45, 7) is 0. The molecule has 0 radical (unpaired) electrons. The maximum Gasteiger partial charge on any atom is 0.130 e. The second-order valence-electron chi connectivity index (χ2n) is 8.43. The highest BCUT2D eigenvalue weighted by Crippen LogP contribution is 2.64. The zero-order valence-electron chi connectivity index (χ0n) is 17.3. The van der Waals surface area contributed by atoms with Crippen LogP contribution < -0.4 is 0 Å². The highest BCUT2D eigenvalue weighted by molar-refractivity contribution is 5.47. The lowest BCUT2D eigenvalue weighted by Gasteiger charge is -2.44. The fourth-order valence-electron chi connectivity index (χ4n) is 5.46. The van der Waals surface area contributed by atoms with Gasteiger partial charge in [0.05, 0.1) is 0 Å². The van der Waals surface area contributed by atoms with E-state index in [1.54, 1.807) is 0 Å². The van der Waals surface area contributed by atoms with Crippen LogP contribution in [0.15, 0.2) is 121 Å². The monoisotopic (exact) mass is 406 g/mol. The van der Waals surface area contributed by atoms with Crippen LogP contribution in [-0.2, 0) is 11.2 Å². The van der Waals surface area contributed by atoms with Gasteiger partial charge in [0.1, 0.15) is 11.2 Å². The molecule has 1 saturated carbocycles. The molecular formula is C29H26O2. The quantitative estimate of drug-likeness (QED) is 0.454. The summed E-state index contributed by atoms with van der Waals surface area (Å²) < 4.78 is 0. The lowest BCUT2D eigenvalue weighted by atomic mass is 9.67. The van der Waals surface area contributed by atoms with E-state index in [-0.39, 0.29) is 11.8 Å². The van der Waals surface area contributed by atoms with E-state index in [0.717, 1.165) is 22.3 Å². The van der Waals surface area contributed by atoms with Crippen LogP contribution in [0.4, 0.5) is 0 Å².